The molecular formula is C14H11NO4. The number of nitro groups is 1. The van der Waals surface area contributed by atoms with Crippen LogP contribution in [0.2, 0.25) is 0 Å². The fraction of sp³-hybridized carbons (Fsp3) is 0.0714. The summed E-state index contributed by atoms with van der Waals surface area (Å²) in [5.74, 6) is 0.411. The first-order valence-corrected chi connectivity index (χ1v) is 5.59. The number of para-hydroxylation sites is 2. The molecule has 2 aromatic rings. The molecule has 0 saturated heterocycles. The summed E-state index contributed by atoms with van der Waals surface area (Å²) in [5.41, 5.74) is 1.13. The Balaban J connectivity index is 2.42. The Morgan fingerprint density at radius 3 is 2.58 bits per heavy atom. The van der Waals surface area contributed by atoms with Gasteiger partial charge in [0.15, 0.2) is 6.29 Å². The number of benzene rings is 2. The maximum absolute atomic E-state index is 11.0. The van der Waals surface area contributed by atoms with Gasteiger partial charge in [-0.15, -0.1) is 0 Å². The molecule has 0 aliphatic carbocycles. The molecule has 19 heavy (non-hydrogen) atoms. The van der Waals surface area contributed by atoms with Crippen LogP contribution < -0.4 is 4.74 Å². The van der Waals surface area contributed by atoms with Crippen LogP contribution in [-0.4, -0.2) is 11.2 Å². The molecule has 0 aliphatic rings. The van der Waals surface area contributed by atoms with Crippen molar-refractivity contribution >= 4 is 12.0 Å². The second-order valence-corrected chi connectivity index (χ2v) is 3.99. The molecule has 5 nitrogen and oxygen atoms in total. The van der Waals surface area contributed by atoms with Gasteiger partial charge < -0.3 is 4.74 Å². The molecule has 0 radical (unpaired) electrons. The van der Waals surface area contributed by atoms with Gasteiger partial charge in [-0.3, -0.25) is 14.9 Å². The molecular weight excluding hydrogens is 246 g/mol. The molecule has 96 valence electrons. The molecule has 0 N–H and O–H groups in total. The first-order chi connectivity index (χ1) is 9.11. The number of carbonyl (C=O) groups excluding carboxylic acids is 1. The van der Waals surface area contributed by atoms with E-state index in [4.69, 9.17) is 4.74 Å². The summed E-state index contributed by atoms with van der Waals surface area (Å²) in [7, 11) is 0. The van der Waals surface area contributed by atoms with Gasteiger partial charge in [-0.2, -0.15) is 0 Å². The predicted octanol–water partition coefficient (Wildman–Crippen LogP) is 3.51. The summed E-state index contributed by atoms with van der Waals surface area (Å²) in [6, 6.07) is 11.1. The Hall–Kier alpha value is -2.69. The van der Waals surface area contributed by atoms with Crippen LogP contribution in [0, 0.1) is 17.0 Å². The van der Waals surface area contributed by atoms with Crippen molar-refractivity contribution in [3.63, 3.8) is 0 Å². The molecule has 0 fully saturated rings. The number of nitrogens with zero attached hydrogens (tertiary/aromatic N) is 1. The van der Waals surface area contributed by atoms with Crippen molar-refractivity contribution in [1.82, 2.24) is 0 Å². The van der Waals surface area contributed by atoms with E-state index >= 15 is 0 Å². The zero-order valence-electron chi connectivity index (χ0n) is 10.2. The standard InChI is InChI=1S/C14H11NO4/c1-10-6-7-13(11(8-10)9-16)19-14-5-3-2-4-12(14)15(17)18/h2-9H,1H3. The van der Waals surface area contributed by atoms with Gasteiger partial charge in [0.05, 0.1) is 10.5 Å². The molecule has 0 spiro atoms. The smallest absolute Gasteiger partial charge is 0.311 e. The normalized spacial score (nSPS) is 9.95. The fourth-order valence-corrected chi connectivity index (χ4v) is 1.67. The molecule has 0 atom stereocenters. The zero-order valence-corrected chi connectivity index (χ0v) is 10.2. The van der Waals surface area contributed by atoms with Crippen LogP contribution in [0.4, 0.5) is 5.69 Å². The maximum atomic E-state index is 11.0. The van der Waals surface area contributed by atoms with Gasteiger partial charge in [0.25, 0.3) is 0 Å². The van der Waals surface area contributed by atoms with Gasteiger partial charge in [-0.25, -0.2) is 0 Å². The van der Waals surface area contributed by atoms with E-state index in [1.54, 1.807) is 30.3 Å². The van der Waals surface area contributed by atoms with E-state index in [0.29, 0.717) is 17.6 Å². The molecule has 0 aromatic heterocycles. The number of aldehydes is 1. The number of ether oxygens (including phenoxy) is 1. The first-order valence-electron chi connectivity index (χ1n) is 5.59. The quantitative estimate of drug-likeness (QED) is 0.477. The number of aryl methyl sites for hydroxylation is 1. The highest BCUT2D eigenvalue weighted by Gasteiger charge is 2.15. The van der Waals surface area contributed by atoms with Crippen LogP contribution in [0.1, 0.15) is 15.9 Å². The van der Waals surface area contributed by atoms with Gasteiger partial charge in [0.1, 0.15) is 5.75 Å². The molecule has 2 rings (SSSR count). The Labute approximate surface area is 109 Å². The van der Waals surface area contributed by atoms with Crippen LogP contribution in [-0.2, 0) is 0 Å². The van der Waals surface area contributed by atoms with Crippen molar-refractivity contribution in [3.8, 4) is 11.5 Å². The summed E-state index contributed by atoms with van der Waals surface area (Å²) < 4.78 is 5.47. The highest BCUT2D eigenvalue weighted by molar-refractivity contribution is 5.80. The van der Waals surface area contributed by atoms with Crippen molar-refractivity contribution in [2.24, 2.45) is 0 Å². The van der Waals surface area contributed by atoms with Gasteiger partial charge >= 0.3 is 5.69 Å². The number of nitro benzene ring substituents is 1. The van der Waals surface area contributed by atoms with Gasteiger partial charge in [0, 0.05) is 6.07 Å². The summed E-state index contributed by atoms with van der Waals surface area (Å²) in [5, 5.41) is 10.9. The van der Waals surface area contributed by atoms with Crippen molar-refractivity contribution in [2.75, 3.05) is 0 Å². The third-order valence-electron chi connectivity index (χ3n) is 2.57. The van der Waals surface area contributed by atoms with Crippen LogP contribution in [0.5, 0.6) is 11.5 Å². The second kappa shape index (κ2) is 5.30. The molecule has 0 unspecified atom stereocenters. The summed E-state index contributed by atoms with van der Waals surface area (Å²) in [4.78, 5) is 21.3. The molecule has 5 heteroatoms. The lowest BCUT2D eigenvalue weighted by molar-refractivity contribution is -0.385. The average molecular weight is 257 g/mol. The van der Waals surface area contributed by atoms with E-state index < -0.39 is 4.92 Å². The summed E-state index contributed by atoms with van der Waals surface area (Å²) in [6.45, 7) is 1.85. The minimum Gasteiger partial charge on any atom is -0.449 e. The SMILES string of the molecule is Cc1ccc(Oc2ccccc2[N+](=O)[O-])c(C=O)c1. The number of carbonyl (C=O) groups is 1. The Bertz CT molecular complexity index is 637. The molecule has 0 amide bonds. The third-order valence-corrected chi connectivity index (χ3v) is 2.57. The zero-order chi connectivity index (χ0) is 13.8. The van der Waals surface area contributed by atoms with Crippen molar-refractivity contribution in [3.05, 3.63) is 63.7 Å². The fourth-order valence-electron chi connectivity index (χ4n) is 1.67. The average Bonchev–Trinajstić information content (AvgIpc) is 2.41. The lowest BCUT2D eigenvalue weighted by atomic mass is 10.1. The van der Waals surface area contributed by atoms with E-state index in [2.05, 4.69) is 0 Å². The lowest BCUT2D eigenvalue weighted by Gasteiger charge is -2.08. The Morgan fingerprint density at radius 1 is 1.16 bits per heavy atom. The van der Waals surface area contributed by atoms with E-state index in [1.807, 2.05) is 6.92 Å². The molecule has 2 aromatic carbocycles. The van der Waals surface area contributed by atoms with Crippen LogP contribution in [0.15, 0.2) is 42.5 Å². The summed E-state index contributed by atoms with van der Waals surface area (Å²) in [6.07, 6.45) is 0.664. The molecule has 0 heterocycles. The molecule has 0 aliphatic heterocycles. The monoisotopic (exact) mass is 257 g/mol. The van der Waals surface area contributed by atoms with E-state index in [-0.39, 0.29) is 11.4 Å². The minimum atomic E-state index is -0.524. The Kier molecular flexibility index (Phi) is 3.56. The maximum Gasteiger partial charge on any atom is 0.311 e. The number of hydrogen-bond donors (Lipinski definition) is 0. The number of rotatable bonds is 4. The van der Waals surface area contributed by atoms with Gasteiger partial charge in [0.2, 0.25) is 5.75 Å². The Morgan fingerprint density at radius 2 is 1.89 bits per heavy atom. The molecule has 0 saturated carbocycles. The van der Waals surface area contributed by atoms with E-state index in [0.717, 1.165) is 5.56 Å². The predicted molar refractivity (Wildman–Crippen MR) is 69.7 cm³/mol. The van der Waals surface area contributed by atoms with Gasteiger partial charge in [-0.05, 0) is 25.1 Å². The largest absolute Gasteiger partial charge is 0.449 e. The highest BCUT2D eigenvalue weighted by Crippen LogP contribution is 2.32. The van der Waals surface area contributed by atoms with Crippen molar-refractivity contribution in [2.45, 2.75) is 6.92 Å². The van der Waals surface area contributed by atoms with Crippen molar-refractivity contribution in [1.29, 1.82) is 0 Å². The number of hydrogen-bond acceptors (Lipinski definition) is 4. The van der Waals surface area contributed by atoms with Gasteiger partial charge in [-0.1, -0.05) is 23.8 Å². The highest BCUT2D eigenvalue weighted by atomic mass is 16.6. The van der Waals surface area contributed by atoms with E-state index in [9.17, 15) is 14.9 Å². The van der Waals surface area contributed by atoms with Crippen molar-refractivity contribution < 1.29 is 14.5 Å². The van der Waals surface area contributed by atoms with E-state index in [1.165, 1.54) is 12.1 Å². The summed E-state index contributed by atoms with van der Waals surface area (Å²) >= 11 is 0. The minimum absolute atomic E-state index is 0.111. The topological polar surface area (TPSA) is 69.4 Å². The molecule has 0 bridgehead atoms. The lowest BCUT2D eigenvalue weighted by Crippen LogP contribution is -1.95. The second-order valence-electron chi connectivity index (χ2n) is 3.99. The first kappa shape index (κ1) is 12.8. The van der Waals surface area contributed by atoms with Crippen LogP contribution >= 0.6 is 0 Å². The third kappa shape index (κ3) is 2.77. The van der Waals surface area contributed by atoms with Crippen LogP contribution in [0.3, 0.4) is 0 Å². The van der Waals surface area contributed by atoms with Crippen LogP contribution in [0.25, 0.3) is 0 Å².